The van der Waals surface area contributed by atoms with Gasteiger partial charge in [0.25, 0.3) is 5.91 Å². The molecule has 0 bridgehead atoms. The molecular formula is C18H22BrN5O2S. The summed E-state index contributed by atoms with van der Waals surface area (Å²) in [4.78, 5) is 21.8. The van der Waals surface area contributed by atoms with Crippen LogP contribution >= 0.6 is 27.3 Å². The summed E-state index contributed by atoms with van der Waals surface area (Å²) in [6.07, 6.45) is 2.52. The molecule has 0 aliphatic rings. The molecular weight excluding hydrogens is 430 g/mol. The number of hydrogen-bond donors (Lipinski definition) is 0. The fourth-order valence-corrected chi connectivity index (χ4v) is 4.28. The number of halogens is 1. The number of aromatic nitrogens is 3. The number of carbonyl (C=O) groups is 1. The minimum absolute atomic E-state index is 0.156. The smallest absolute Gasteiger partial charge is 0.267 e. The summed E-state index contributed by atoms with van der Waals surface area (Å²) < 4.78 is 8.88. The van der Waals surface area contributed by atoms with Crippen molar-refractivity contribution in [1.82, 2.24) is 19.7 Å². The summed E-state index contributed by atoms with van der Waals surface area (Å²) in [7, 11) is 7.33. The number of carbonyl (C=O) groups excluding carboxylic acids is 1. The van der Waals surface area contributed by atoms with Crippen molar-refractivity contribution < 1.29 is 9.53 Å². The van der Waals surface area contributed by atoms with E-state index in [1.807, 2.05) is 32.3 Å². The van der Waals surface area contributed by atoms with Crippen molar-refractivity contribution in [1.29, 1.82) is 0 Å². The minimum Gasteiger partial charge on any atom is -0.479 e. The highest BCUT2D eigenvalue weighted by Gasteiger charge is 2.26. The predicted molar refractivity (Wildman–Crippen MR) is 112 cm³/mol. The van der Waals surface area contributed by atoms with Gasteiger partial charge in [-0.15, -0.1) is 5.10 Å². The molecule has 0 aliphatic heterocycles. The number of rotatable bonds is 7. The fourth-order valence-electron chi connectivity index (χ4n) is 2.74. The molecule has 9 heteroatoms. The first-order chi connectivity index (χ1) is 12.9. The summed E-state index contributed by atoms with van der Waals surface area (Å²) in [6.45, 7) is 1.44. The van der Waals surface area contributed by atoms with Crippen molar-refractivity contribution in [2.45, 2.75) is 6.42 Å². The maximum absolute atomic E-state index is 13.3. The zero-order chi connectivity index (χ0) is 19.6. The Bertz CT molecular complexity index is 953. The van der Waals surface area contributed by atoms with Crippen LogP contribution in [0.15, 0.2) is 28.9 Å². The second-order valence-electron chi connectivity index (χ2n) is 6.45. The van der Waals surface area contributed by atoms with E-state index in [0.717, 1.165) is 27.7 Å². The quantitative estimate of drug-likeness (QED) is 0.550. The lowest BCUT2D eigenvalue weighted by Gasteiger charge is -2.20. The van der Waals surface area contributed by atoms with Gasteiger partial charge in [-0.1, -0.05) is 27.3 Å². The molecule has 1 aromatic carbocycles. The van der Waals surface area contributed by atoms with E-state index in [1.54, 1.807) is 22.8 Å². The van der Waals surface area contributed by atoms with Crippen molar-refractivity contribution in [2.24, 2.45) is 7.05 Å². The van der Waals surface area contributed by atoms with Gasteiger partial charge < -0.3 is 9.64 Å². The van der Waals surface area contributed by atoms with E-state index in [0.29, 0.717) is 23.1 Å². The number of methoxy groups -OCH3 is 1. The van der Waals surface area contributed by atoms with Gasteiger partial charge in [-0.2, -0.15) is 0 Å². The Hall–Kier alpha value is -1.97. The van der Waals surface area contributed by atoms with Crippen LogP contribution in [0.4, 0.5) is 5.13 Å². The molecule has 3 aromatic rings. The zero-order valence-corrected chi connectivity index (χ0v) is 18.2. The summed E-state index contributed by atoms with van der Waals surface area (Å²) >= 11 is 4.99. The topological polar surface area (TPSA) is 63.5 Å². The molecule has 27 heavy (non-hydrogen) atoms. The van der Waals surface area contributed by atoms with Crippen LogP contribution in [0.1, 0.15) is 16.8 Å². The molecule has 0 aliphatic carbocycles. The van der Waals surface area contributed by atoms with E-state index in [2.05, 4.69) is 30.9 Å². The minimum atomic E-state index is -0.156. The first kappa shape index (κ1) is 19.8. The molecule has 0 fully saturated rings. The summed E-state index contributed by atoms with van der Waals surface area (Å²) in [5.41, 5.74) is 1.31. The van der Waals surface area contributed by atoms with Gasteiger partial charge in [-0.05, 0) is 45.3 Å². The number of amides is 1. The molecule has 144 valence electrons. The summed E-state index contributed by atoms with van der Waals surface area (Å²) in [6, 6.07) is 5.92. The number of hydrogen-bond acceptors (Lipinski definition) is 6. The molecule has 0 radical (unpaired) electrons. The van der Waals surface area contributed by atoms with Gasteiger partial charge in [-0.3, -0.25) is 14.4 Å². The fraction of sp³-hybridized carbons (Fsp3) is 0.389. The van der Waals surface area contributed by atoms with Crippen molar-refractivity contribution in [2.75, 3.05) is 39.2 Å². The van der Waals surface area contributed by atoms with Crippen LogP contribution in [-0.4, -0.2) is 59.9 Å². The van der Waals surface area contributed by atoms with Crippen molar-refractivity contribution in [3.8, 4) is 5.88 Å². The van der Waals surface area contributed by atoms with Crippen molar-refractivity contribution >= 4 is 48.5 Å². The molecule has 3 rings (SSSR count). The molecule has 2 aromatic heterocycles. The van der Waals surface area contributed by atoms with Crippen LogP contribution in [0.2, 0.25) is 0 Å². The van der Waals surface area contributed by atoms with E-state index in [4.69, 9.17) is 4.74 Å². The van der Waals surface area contributed by atoms with Gasteiger partial charge in [-0.25, -0.2) is 4.98 Å². The van der Waals surface area contributed by atoms with Crippen LogP contribution in [0.25, 0.3) is 10.2 Å². The first-order valence-electron chi connectivity index (χ1n) is 8.49. The SMILES string of the molecule is COc1nn(C)cc1C(=O)N(CCCN(C)C)c1nc2ccc(Br)cc2s1. The maximum Gasteiger partial charge on any atom is 0.267 e. The summed E-state index contributed by atoms with van der Waals surface area (Å²) in [5.74, 6) is 0.167. The molecule has 2 heterocycles. The Morgan fingerprint density at radius 3 is 2.81 bits per heavy atom. The normalized spacial score (nSPS) is 11.3. The van der Waals surface area contributed by atoms with E-state index in [1.165, 1.54) is 18.4 Å². The lowest BCUT2D eigenvalue weighted by Crippen LogP contribution is -2.33. The van der Waals surface area contributed by atoms with Gasteiger partial charge >= 0.3 is 0 Å². The molecule has 7 nitrogen and oxygen atoms in total. The standard InChI is InChI=1S/C18H22BrN5O2S/c1-22(2)8-5-9-24(17(25)13-11-23(3)21-16(13)26-4)18-20-14-7-6-12(19)10-15(14)27-18/h6-7,10-11H,5,8-9H2,1-4H3. The third-order valence-corrected chi connectivity index (χ3v) is 5.56. The van der Waals surface area contributed by atoms with E-state index in [-0.39, 0.29) is 5.91 Å². The Morgan fingerprint density at radius 1 is 1.33 bits per heavy atom. The number of benzene rings is 1. The second kappa shape index (κ2) is 8.37. The molecule has 0 saturated carbocycles. The van der Waals surface area contributed by atoms with Crippen molar-refractivity contribution in [3.63, 3.8) is 0 Å². The van der Waals surface area contributed by atoms with Crippen LogP contribution in [0.3, 0.4) is 0 Å². The van der Waals surface area contributed by atoms with Crippen LogP contribution < -0.4 is 9.64 Å². The Kier molecular flexibility index (Phi) is 6.13. The molecule has 0 atom stereocenters. The summed E-state index contributed by atoms with van der Waals surface area (Å²) in [5, 5.41) is 4.88. The van der Waals surface area contributed by atoms with E-state index < -0.39 is 0 Å². The molecule has 0 spiro atoms. The third kappa shape index (κ3) is 4.48. The number of fused-ring (bicyclic) bond motifs is 1. The lowest BCUT2D eigenvalue weighted by molar-refractivity contribution is 0.0983. The van der Waals surface area contributed by atoms with Gasteiger partial charge in [0.05, 0.1) is 17.3 Å². The Morgan fingerprint density at radius 2 is 2.11 bits per heavy atom. The maximum atomic E-state index is 13.3. The van der Waals surface area contributed by atoms with Gasteiger partial charge in [0, 0.05) is 24.3 Å². The number of thiazole rings is 1. The number of nitrogens with zero attached hydrogens (tertiary/aromatic N) is 5. The third-order valence-electron chi connectivity index (χ3n) is 4.02. The molecule has 0 unspecified atom stereocenters. The largest absolute Gasteiger partial charge is 0.479 e. The highest BCUT2D eigenvalue weighted by Crippen LogP contribution is 2.32. The zero-order valence-electron chi connectivity index (χ0n) is 15.8. The van der Waals surface area contributed by atoms with E-state index in [9.17, 15) is 4.79 Å². The number of aryl methyl sites for hydroxylation is 1. The van der Waals surface area contributed by atoms with Crippen LogP contribution in [-0.2, 0) is 7.05 Å². The monoisotopic (exact) mass is 451 g/mol. The number of anilines is 1. The Labute approximate surface area is 170 Å². The van der Waals surface area contributed by atoms with Gasteiger partial charge in [0.15, 0.2) is 5.13 Å². The average molecular weight is 452 g/mol. The highest BCUT2D eigenvalue weighted by atomic mass is 79.9. The molecule has 0 N–H and O–H groups in total. The van der Waals surface area contributed by atoms with Crippen LogP contribution in [0.5, 0.6) is 5.88 Å². The highest BCUT2D eigenvalue weighted by molar-refractivity contribution is 9.10. The molecule has 0 saturated heterocycles. The average Bonchev–Trinajstić information content (AvgIpc) is 3.20. The molecule has 1 amide bonds. The van der Waals surface area contributed by atoms with Gasteiger partial charge in [0.1, 0.15) is 5.56 Å². The first-order valence-corrected chi connectivity index (χ1v) is 10.1. The lowest BCUT2D eigenvalue weighted by atomic mass is 10.2. The Balaban J connectivity index is 1.97. The van der Waals surface area contributed by atoms with Crippen LogP contribution in [0, 0.1) is 0 Å². The number of ether oxygens (including phenoxy) is 1. The second-order valence-corrected chi connectivity index (χ2v) is 8.37. The van der Waals surface area contributed by atoms with E-state index >= 15 is 0 Å². The predicted octanol–water partition coefficient (Wildman–Crippen LogP) is 3.40. The van der Waals surface area contributed by atoms with Gasteiger partial charge in [0.2, 0.25) is 5.88 Å². The van der Waals surface area contributed by atoms with Crippen molar-refractivity contribution in [3.05, 3.63) is 34.4 Å².